The minimum Gasteiger partial charge on any atom is -0.396 e. The lowest BCUT2D eigenvalue weighted by molar-refractivity contribution is -0.143. The molecule has 23 heavy (non-hydrogen) atoms. The quantitative estimate of drug-likeness (QED) is 0.796. The van der Waals surface area contributed by atoms with E-state index in [0.717, 1.165) is 17.7 Å². The van der Waals surface area contributed by atoms with E-state index in [1.165, 1.54) is 4.90 Å². The molecule has 0 spiro atoms. The molecule has 0 aromatic heterocycles. The number of hydrogen-bond acceptors (Lipinski definition) is 3. The first-order valence-corrected chi connectivity index (χ1v) is 8.23. The predicted molar refractivity (Wildman–Crippen MR) is 88.6 cm³/mol. The topological polar surface area (TPSA) is 60.9 Å². The van der Waals surface area contributed by atoms with Gasteiger partial charge in [0.2, 0.25) is 0 Å². The second-order valence-corrected chi connectivity index (χ2v) is 7.40. The van der Waals surface area contributed by atoms with E-state index in [2.05, 4.69) is 0 Å². The van der Waals surface area contributed by atoms with Crippen molar-refractivity contribution < 1.29 is 14.7 Å². The lowest BCUT2D eigenvalue weighted by Gasteiger charge is -2.23. The zero-order chi connectivity index (χ0) is 16.8. The van der Waals surface area contributed by atoms with Crippen LogP contribution >= 0.6 is 11.6 Å². The van der Waals surface area contributed by atoms with E-state index < -0.39 is 11.8 Å². The maximum atomic E-state index is 12.7. The molecule has 0 bridgehead atoms. The Morgan fingerprint density at radius 2 is 2.09 bits per heavy atom. The highest BCUT2D eigenvalue weighted by Gasteiger charge is 2.42. The van der Waals surface area contributed by atoms with Crippen LogP contribution in [0.3, 0.4) is 0 Å². The Bertz CT molecular complexity index is 659. The minimum absolute atomic E-state index is 0.0488. The lowest BCUT2D eigenvalue weighted by atomic mass is 9.87. The normalized spacial score (nSPS) is 22.3. The number of amides is 2. The molecule has 1 aromatic carbocycles. The van der Waals surface area contributed by atoms with E-state index in [1.54, 1.807) is 11.0 Å². The molecule has 0 aliphatic carbocycles. The van der Waals surface area contributed by atoms with Crippen LogP contribution < -0.4 is 4.90 Å². The van der Waals surface area contributed by atoms with Crippen LogP contribution in [0, 0.1) is 5.92 Å². The molecule has 1 saturated heterocycles. The molecule has 2 heterocycles. The second kappa shape index (κ2) is 5.80. The van der Waals surface area contributed by atoms with Gasteiger partial charge in [0.25, 0.3) is 0 Å². The van der Waals surface area contributed by atoms with Crippen LogP contribution in [0.2, 0.25) is 5.02 Å². The van der Waals surface area contributed by atoms with Gasteiger partial charge >= 0.3 is 11.8 Å². The van der Waals surface area contributed by atoms with Crippen LogP contribution in [0.1, 0.15) is 25.8 Å². The van der Waals surface area contributed by atoms with E-state index in [-0.39, 0.29) is 17.9 Å². The van der Waals surface area contributed by atoms with Gasteiger partial charge in [0, 0.05) is 53.8 Å². The van der Waals surface area contributed by atoms with Crippen LogP contribution in [0.5, 0.6) is 0 Å². The monoisotopic (exact) mass is 336 g/mol. The molecule has 1 unspecified atom stereocenters. The minimum atomic E-state index is -0.516. The van der Waals surface area contributed by atoms with Gasteiger partial charge in [-0.2, -0.15) is 0 Å². The third-order valence-electron chi connectivity index (χ3n) is 4.77. The van der Waals surface area contributed by atoms with Gasteiger partial charge < -0.3 is 14.9 Å². The summed E-state index contributed by atoms with van der Waals surface area (Å²) < 4.78 is 0. The number of likely N-dealkylation sites (tertiary alicyclic amines) is 1. The molecule has 0 radical (unpaired) electrons. The summed E-state index contributed by atoms with van der Waals surface area (Å²) in [6.45, 7) is 5.50. The SMILES string of the molecule is CC1(C)CN(C(=O)C(=O)N2CCC(CO)C2)c2cccc(Cl)c21. The number of carbonyl (C=O) groups excluding carboxylic acids is 2. The molecule has 124 valence electrons. The van der Waals surface area contributed by atoms with Crippen molar-refractivity contribution in [2.45, 2.75) is 25.7 Å². The maximum absolute atomic E-state index is 12.7. The van der Waals surface area contributed by atoms with Gasteiger partial charge in [-0.25, -0.2) is 0 Å². The molecule has 6 heteroatoms. The number of anilines is 1. The van der Waals surface area contributed by atoms with Crippen LogP contribution in [0.4, 0.5) is 5.69 Å². The summed E-state index contributed by atoms with van der Waals surface area (Å²) in [6.07, 6.45) is 0.740. The molecular formula is C17H21ClN2O3. The summed E-state index contributed by atoms with van der Waals surface area (Å²) in [4.78, 5) is 28.3. The van der Waals surface area contributed by atoms with E-state index in [9.17, 15) is 14.7 Å². The molecule has 2 aliphatic rings. The van der Waals surface area contributed by atoms with E-state index in [1.807, 2.05) is 26.0 Å². The fourth-order valence-corrected chi connectivity index (χ4v) is 3.99. The molecular weight excluding hydrogens is 316 g/mol. The highest BCUT2D eigenvalue weighted by molar-refractivity contribution is 6.41. The Morgan fingerprint density at radius 3 is 2.74 bits per heavy atom. The Labute approximate surface area is 140 Å². The van der Waals surface area contributed by atoms with Crippen LogP contribution in [0.25, 0.3) is 0 Å². The van der Waals surface area contributed by atoms with Gasteiger partial charge in [0.05, 0.1) is 0 Å². The van der Waals surface area contributed by atoms with Crippen molar-refractivity contribution in [1.29, 1.82) is 0 Å². The summed E-state index contributed by atoms with van der Waals surface area (Å²) in [5, 5.41) is 9.82. The average molecular weight is 337 g/mol. The smallest absolute Gasteiger partial charge is 0.316 e. The van der Waals surface area contributed by atoms with Crippen molar-refractivity contribution in [3.05, 3.63) is 28.8 Å². The van der Waals surface area contributed by atoms with Gasteiger partial charge in [0.1, 0.15) is 0 Å². The first-order valence-electron chi connectivity index (χ1n) is 7.86. The molecule has 1 atom stereocenters. The average Bonchev–Trinajstić information content (AvgIpc) is 3.09. The predicted octanol–water partition coefficient (Wildman–Crippen LogP) is 1.80. The van der Waals surface area contributed by atoms with Crippen molar-refractivity contribution in [3.63, 3.8) is 0 Å². The molecule has 2 aliphatic heterocycles. The number of nitrogens with zero attached hydrogens (tertiary/aromatic N) is 2. The van der Waals surface area contributed by atoms with Crippen molar-refractivity contribution in [2.24, 2.45) is 5.92 Å². The van der Waals surface area contributed by atoms with Gasteiger partial charge in [-0.15, -0.1) is 0 Å². The lowest BCUT2D eigenvalue weighted by Crippen LogP contribution is -2.45. The van der Waals surface area contributed by atoms with Crippen LogP contribution in [0.15, 0.2) is 18.2 Å². The van der Waals surface area contributed by atoms with E-state index >= 15 is 0 Å². The van der Waals surface area contributed by atoms with Crippen molar-refractivity contribution in [2.75, 3.05) is 31.1 Å². The zero-order valence-corrected chi connectivity index (χ0v) is 14.1. The summed E-state index contributed by atoms with van der Waals surface area (Å²) in [5.74, 6) is -0.939. The molecule has 5 nitrogen and oxygen atoms in total. The van der Waals surface area contributed by atoms with Crippen LogP contribution in [-0.4, -0.2) is 48.1 Å². The highest BCUT2D eigenvalue weighted by Crippen LogP contribution is 2.44. The Morgan fingerprint density at radius 1 is 1.35 bits per heavy atom. The second-order valence-electron chi connectivity index (χ2n) is 7.00. The van der Waals surface area contributed by atoms with Crippen molar-refractivity contribution in [3.8, 4) is 0 Å². The number of aliphatic hydroxyl groups is 1. The summed E-state index contributed by atoms with van der Waals surface area (Å²) in [6, 6.07) is 5.44. The number of fused-ring (bicyclic) bond motifs is 1. The number of halogens is 1. The molecule has 1 fully saturated rings. The summed E-state index contributed by atoms with van der Waals surface area (Å²) >= 11 is 6.31. The van der Waals surface area contributed by atoms with Gasteiger partial charge in [-0.1, -0.05) is 31.5 Å². The number of benzene rings is 1. The third kappa shape index (κ3) is 2.72. The summed E-state index contributed by atoms with van der Waals surface area (Å²) in [7, 11) is 0. The van der Waals surface area contributed by atoms with Crippen molar-refractivity contribution >= 4 is 29.1 Å². The Kier molecular flexibility index (Phi) is 4.10. The van der Waals surface area contributed by atoms with Gasteiger partial charge in [-0.05, 0) is 18.6 Å². The standard InChI is InChI=1S/C17H21ClN2O3/c1-17(2)10-20(13-5-3-4-12(18)14(13)17)16(23)15(22)19-7-6-11(8-19)9-21/h3-5,11,21H,6-10H2,1-2H3. The molecule has 0 saturated carbocycles. The zero-order valence-electron chi connectivity index (χ0n) is 13.4. The largest absolute Gasteiger partial charge is 0.396 e. The van der Waals surface area contributed by atoms with Gasteiger partial charge in [0.15, 0.2) is 0 Å². The molecule has 1 N–H and O–H groups in total. The molecule has 3 rings (SSSR count). The fourth-order valence-electron chi connectivity index (χ4n) is 3.57. The number of aliphatic hydroxyl groups excluding tert-OH is 1. The summed E-state index contributed by atoms with van der Waals surface area (Å²) in [5.41, 5.74) is 1.35. The van der Waals surface area contributed by atoms with Crippen LogP contribution in [-0.2, 0) is 15.0 Å². The first-order chi connectivity index (χ1) is 10.8. The number of rotatable bonds is 1. The number of carbonyl (C=O) groups is 2. The Balaban J connectivity index is 1.85. The molecule has 1 aromatic rings. The first kappa shape index (κ1) is 16.3. The van der Waals surface area contributed by atoms with E-state index in [4.69, 9.17) is 11.6 Å². The highest BCUT2D eigenvalue weighted by atomic mass is 35.5. The molecule has 2 amide bonds. The fraction of sp³-hybridized carbons (Fsp3) is 0.529. The van der Waals surface area contributed by atoms with E-state index in [0.29, 0.717) is 24.7 Å². The number of hydrogen-bond donors (Lipinski definition) is 1. The third-order valence-corrected chi connectivity index (χ3v) is 5.09. The maximum Gasteiger partial charge on any atom is 0.316 e. The van der Waals surface area contributed by atoms with Crippen molar-refractivity contribution in [1.82, 2.24) is 4.90 Å². The Hall–Kier alpha value is -1.59. The van der Waals surface area contributed by atoms with Gasteiger partial charge in [-0.3, -0.25) is 9.59 Å².